The Balaban J connectivity index is 1.68. The highest BCUT2D eigenvalue weighted by Crippen LogP contribution is 2.22. The third kappa shape index (κ3) is 5.01. The molecule has 0 aliphatic heterocycles. The average molecular weight is 444 g/mol. The number of ether oxygens (including phenoxy) is 1. The van der Waals surface area contributed by atoms with Crippen molar-refractivity contribution in [2.45, 2.75) is 19.8 Å². The molecular weight excluding hydrogens is 426 g/mol. The Bertz CT molecular complexity index is 958. The summed E-state index contributed by atoms with van der Waals surface area (Å²) < 4.78 is 7.45. The molecule has 28 heavy (non-hydrogen) atoms. The minimum Gasteiger partial charge on any atom is -0.462 e. The molecule has 1 aromatic heterocycles. The number of carbonyl (C=O) groups is 2. The Kier molecular flexibility index (Phi) is 6.49. The lowest BCUT2D eigenvalue weighted by molar-refractivity contribution is -0.115. The zero-order chi connectivity index (χ0) is 19.9. The molecule has 9 heteroatoms. The van der Waals surface area contributed by atoms with E-state index in [4.69, 9.17) is 4.74 Å². The van der Waals surface area contributed by atoms with E-state index in [1.54, 1.807) is 18.2 Å². The summed E-state index contributed by atoms with van der Waals surface area (Å²) in [5, 5.41) is 13.8. The number of tetrazole rings is 1. The lowest BCUT2D eigenvalue weighted by Gasteiger charge is -2.11. The summed E-state index contributed by atoms with van der Waals surface area (Å²) in [4.78, 5) is 24.7. The number of carbonyl (C=O) groups excluding carboxylic acids is 2. The van der Waals surface area contributed by atoms with Crippen molar-refractivity contribution < 1.29 is 14.3 Å². The van der Waals surface area contributed by atoms with Crippen LogP contribution in [0.15, 0.2) is 53.3 Å². The van der Waals surface area contributed by atoms with E-state index in [0.717, 1.165) is 22.1 Å². The number of esters is 1. The number of halogens is 1. The summed E-state index contributed by atoms with van der Waals surface area (Å²) in [5.41, 5.74) is 2.34. The van der Waals surface area contributed by atoms with Crippen molar-refractivity contribution in [2.75, 3.05) is 11.9 Å². The fourth-order valence-corrected chi connectivity index (χ4v) is 2.85. The summed E-state index contributed by atoms with van der Waals surface area (Å²) >= 11 is 3.34. The second-order valence-corrected chi connectivity index (χ2v) is 6.89. The number of benzene rings is 2. The number of hydrogen-bond acceptors (Lipinski definition) is 6. The van der Waals surface area contributed by atoms with Crippen LogP contribution in [0.25, 0.3) is 5.69 Å². The Labute approximate surface area is 170 Å². The molecule has 3 aromatic rings. The standard InChI is InChI=1S/C19H18BrN5O3/c1-2-9-28-19(27)16-11-14(20)5-8-17(16)22-18(26)10-13-3-6-15(7-4-13)25-12-21-23-24-25/h3-8,11-12H,2,9-10H2,1H3,(H,22,26). The van der Waals surface area contributed by atoms with Crippen LogP contribution in [0.1, 0.15) is 29.3 Å². The quantitative estimate of drug-likeness (QED) is 0.562. The molecule has 0 saturated heterocycles. The number of anilines is 1. The number of hydrogen-bond donors (Lipinski definition) is 1. The molecule has 0 bridgehead atoms. The lowest BCUT2D eigenvalue weighted by atomic mass is 10.1. The zero-order valence-electron chi connectivity index (χ0n) is 15.1. The van der Waals surface area contributed by atoms with Crippen molar-refractivity contribution in [3.63, 3.8) is 0 Å². The maximum absolute atomic E-state index is 12.5. The van der Waals surface area contributed by atoms with Crippen LogP contribution in [-0.2, 0) is 16.0 Å². The van der Waals surface area contributed by atoms with E-state index in [-0.39, 0.29) is 12.3 Å². The highest BCUT2D eigenvalue weighted by molar-refractivity contribution is 9.10. The van der Waals surface area contributed by atoms with Gasteiger partial charge in [-0.15, -0.1) is 5.10 Å². The van der Waals surface area contributed by atoms with Crippen LogP contribution in [-0.4, -0.2) is 38.7 Å². The van der Waals surface area contributed by atoms with Gasteiger partial charge in [0.15, 0.2) is 0 Å². The largest absolute Gasteiger partial charge is 0.462 e. The van der Waals surface area contributed by atoms with Crippen molar-refractivity contribution in [3.8, 4) is 5.69 Å². The third-order valence-electron chi connectivity index (χ3n) is 3.83. The van der Waals surface area contributed by atoms with Crippen LogP contribution in [0, 0.1) is 0 Å². The molecule has 0 radical (unpaired) electrons. The van der Waals surface area contributed by atoms with Gasteiger partial charge in [0, 0.05) is 4.47 Å². The van der Waals surface area contributed by atoms with Crippen LogP contribution in [0.4, 0.5) is 5.69 Å². The molecule has 0 fully saturated rings. The molecule has 3 rings (SSSR count). The number of amides is 1. The fourth-order valence-electron chi connectivity index (χ4n) is 2.49. The predicted octanol–water partition coefficient (Wildman–Crippen LogP) is 3.17. The van der Waals surface area contributed by atoms with Gasteiger partial charge in [-0.2, -0.15) is 0 Å². The molecule has 0 aliphatic rings. The highest BCUT2D eigenvalue weighted by Gasteiger charge is 2.15. The van der Waals surface area contributed by atoms with Gasteiger partial charge < -0.3 is 10.1 Å². The van der Waals surface area contributed by atoms with E-state index in [9.17, 15) is 9.59 Å². The van der Waals surface area contributed by atoms with Gasteiger partial charge in [-0.3, -0.25) is 4.79 Å². The van der Waals surface area contributed by atoms with Gasteiger partial charge in [0.2, 0.25) is 5.91 Å². The van der Waals surface area contributed by atoms with Gasteiger partial charge in [-0.1, -0.05) is 35.0 Å². The van der Waals surface area contributed by atoms with E-state index in [2.05, 4.69) is 36.8 Å². The topological polar surface area (TPSA) is 99.0 Å². The molecule has 0 aliphatic carbocycles. The van der Waals surface area contributed by atoms with Crippen molar-refractivity contribution in [3.05, 3.63) is 64.4 Å². The molecule has 0 unspecified atom stereocenters. The highest BCUT2D eigenvalue weighted by atomic mass is 79.9. The zero-order valence-corrected chi connectivity index (χ0v) is 16.7. The second kappa shape index (κ2) is 9.23. The van der Waals surface area contributed by atoms with Gasteiger partial charge in [-0.05, 0) is 52.7 Å². The summed E-state index contributed by atoms with van der Waals surface area (Å²) in [7, 11) is 0. The van der Waals surface area contributed by atoms with Crippen LogP contribution in [0.5, 0.6) is 0 Å². The van der Waals surface area contributed by atoms with E-state index in [1.807, 2.05) is 31.2 Å². The molecular formula is C19H18BrN5O3. The molecule has 144 valence electrons. The maximum Gasteiger partial charge on any atom is 0.340 e. The first-order chi connectivity index (χ1) is 13.6. The Hall–Kier alpha value is -3.07. The average Bonchev–Trinajstić information content (AvgIpc) is 3.23. The minimum atomic E-state index is -0.468. The van der Waals surface area contributed by atoms with Crippen LogP contribution >= 0.6 is 15.9 Å². The predicted molar refractivity (Wildman–Crippen MR) is 106 cm³/mol. The van der Waals surface area contributed by atoms with Crippen molar-refractivity contribution in [1.82, 2.24) is 20.2 Å². The molecule has 8 nitrogen and oxygen atoms in total. The number of aromatic nitrogens is 4. The van der Waals surface area contributed by atoms with Gasteiger partial charge in [0.25, 0.3) is 0 Å². The van der Waals surface area contributed by atoms with Crippen molar-refractivity contribution >= 4 is 33.5 Å². The summed E-state index contributed by atoms with van der Waals surface area (Å²) in [5.74, 6) is -0.703. The van der Waals surface area contributed by atoms with E-state index >= 15 is 0 Å². The lowest BCUT2D eigenvalue weighted by Crippen LogP contribution is -2.18. The SMILES string of the molecule is CCCOC(=O)c1cc(Br)ccc1NC(=O)Cc1ccc(-n2cnnn2)cc1. The Morgan fingerprint density at radius 3 is 2.64 bits per heavy atom. The van der Waals surface area contributed by atoms with Gasteiger partial charge >= 0.3 is 5.97 Å². The van der Waals surface area contributed by atoms with Gasteiger partial charge in [-0.25, -0.2) is 9.48 Å². The molecule has 1 heterocycles. The van der Waals surface area contributed by atoms with Crippen LogP contribution in [0.2, 0.25) is 0 Å². The van der Waals surface area contributed by atoms with Crippen LogP contribution < -0.4 is 5.32 Å². The van der Waals surface area contributed by atoms with E-state index < -0.39 is 5.97 Å². The Morgan fingerprint density at radius 1 is 1.18 bits per heavy atom. The molecule has 1 N–H and O–H groups in total. The number of nitrogens with one attached hydrogen (secondary N) is 1. The summed E-state index contributed by atoms with van der Waals surface area (Å²) in [6.07, 6.45) is 2.38. The first-order valence-electron chi connectivity index (χ1n) is 8.65. The normalized spacial score (nSPS) is 10.5. The Morgan fingerprint density at radius 2 is 1.96 bits per heavy atom. The van der Waals surface area contributed by atoms with E-state index in [1.165, 1.54) is 11.0 Å². The molecule has 0 atom stereocenters. The minimum absolute atomic E-state index is 0.162. The second-order valence-electron chi connectivity index (χ2n) is 5.97. The van der Waals surface area contributed by atoms with Crippen molar-refractivity contribution in [2.24, 2.45) is 0 Å². The summed E-state index contributed by atoms with van der Waals surface area (Å²) in [6.45, 7) is 2.24. The summed E-state index contributed by atoms with van der Waals surface area (Å²) in [6, 6.07) is 12.4. The number of nitrogens with zero attached hydrogens (tertiary/aromatic N) is 4. The van der Waals surface area contributed by atoms with Gasteiger partial charge in [0.05, 0.1) is 30.0 Å². The fraction of sp³-hybridized carbons (Fsp3) is 0.211. The molecule has 1 amide bonds. The first kappa shape index (κ1) is 19.7. The third-order valence-corrected chi connectivity index (χ3v) is 4.32. The van der Waals surface area contributed by atoms with Crippen LogP contribution in [0.3, 0.4) is 0 Å². The molecule has 0 saturated carbocycles. The monoisotopic (exact) mass is 443 g/mol. The first-order valence-corrected chi connectivity index (χ1v) is 9.45. The molecule has 2 aromatic carbocycles. The van der Waals surface area contributed by atoms with Gasteiger partial charge in [0.1, 0.15) is 6.33 Å². The maximum atomic E-state index is 12.5. The number of rotatable bonds is 7. The van der Waals surface area contributed by atoms with E-state index in [0.29, 0.717) is 17.9 Å². The smallest absolute Gasteiger partial charge is 0.340 e. The molecule has 0 spiro atoms. The van der Waals surface area contributed by atoms with Crippen molar-refractivity contribution in [1.29, 1.82) is 0 Å².